The highest BCUT2D eigenvalue weighted by atomic mass is 16.6. The molecule has 0 saturated heterocycles. The van der Waals surface area contributed by atoms with E-state index in [2.05, 4.69) is 33.8 Å². The second-order valence-corrected chi connectivity index (χ2v) is 6.51. The van der Waals surface area contributed by atoms with Crippen molar-refractivity contribution in [2.24, 2.45) is 11.8 Å². The van der Waals surface area contributed by atoms with Crippen molar-refractivity contribution in [3.05, 3.63) is 23.0 Å². The molecule has 1 aliphatic rings. The van der Waals surface area contributed by atoms with Crippen molar-refractivity contribution in [3.8, 4) is 0 Å². The molecule has 3 heteroatoms. The summed E-state index contributed by atoms with van der Waals surface area (Å²) in [4.78, 5) is 12.0. The SMILES string of the molecule is CC(C)=CCC[C@H](C)CCOC(=O)C1=C(C)C(C)[C@@H](C)O1. The molecule has 21 heavy (non-hydrogen) atoms. The van der Waals surface area contributed by atoms with Crippen molar-refractivity contribution in [1.29, 1.82) is 0 Å². The van der Waals surface area contributed by atoms with E-state index in [9.17, 15) is 4.79 Å². The maximum absolute atomic E-state index is 12.0. The van der Waals surface area contributed by atoms with Crippen LogP contribution in [0.2, 0.25) is 0 Å². The van der Waals surface area contributed by atoms with E-state index < -0.39 is 0 Å². The molecule has 0 amide bonds. The molecule has 0 radical (unpaired) electrons. The predicted molar refractivity (Wildman–Crippen MR) is 85.8 cm³/mol. The summed E-state index contributed by atoms with van der Waals surface area (Å²) in [5.41, 5.74) is 2.36. The number of ether oxygens (including phenoxy) is 2. The molecule has 0 aliphatic carbocycles. The van der Waals surface area contributed by atoms with Gasteiger partial charge in [-0.15, -0.1) is 0 Å². The fourth-order valence-corrected chi connectivity index (χ4v) is 2.37. The third kappa shape index (κ3) is 5.56. The van der Waals surface area contributed by atoms with E-state index in [0.29, 0.717) is 18.3 Å². The molecule has 0 spiro atoms. The standard InChI is InChI=1S/C18H30O3/c1-12(2)8-7-9-13(3)10-11-20-18(19)17-15(5)14(4)16(6)21-17/h8,13-14,16H,7,9-11H2,1-6H3/t13-,14?,16+/m0/s1. The summed E-state index contributed by atoms with van der Waals surface area (Å²) in [7, 11) is 0. The minimum absolute atomic E-state index is 0.0653. The Bertz CT molecular complexity index is 416. The van der Waals surface area contributed by atoms with Gasteiger partial charge in [-0.25, -0.2) is 4.79 Å². The van der Waals surface area contributed by atoms with Crippen molar-refractivity contribution in [2.45, 2.75) is 66.9 Å². The summed E-state index contributed by atoms with van der Waals surface area (Å²) < 4.78 is 10.9. The molecular weight excluding hydrogens is 264 g/mol. The number of hydrogen-bond acceptors (Lipinski definition) is 3. The number of esters is 1. The van der Waals surface area contributed by atoms with E-state index in [1.54, 1.807) is 0 Å². The van der Waals surface area contributed by atoms with Crippen molar-refractivity contribution >= 4 is 5.97 Å². The van der Waals surface area contributed by atoms with Crippen molar-refractivity contribution in [2.75, 3.05) is 6.61 Å². The highest BCUT2D eigenvalue weighted by Gasteiger charge is 2.32. The highest BCUT2D eigenvalue weighted by Crippen LogP contribution is 2.30. The summed E-state index contributed by atoms with van der Waals surface area (Å²) in [5.74, 6) is 0.966. The Morgan fingerprint density at radius 1 is 1.33 bits per heavy atom. The molecule has 1 unspecified atom stereocenters. The molecule has 1 heterocycles. The number of hydrogen-bond donors (Lipinski definition) is 0. The quantitative estimate of drug-likeness (QED) is 0.507. The van der Waals surface area contributed by atoms with E-state index in [-0.39, 0.29) is 18.0 Å². The lowest BCUT2D eigenvalue weighted by atomic mass is 9.99. The Morgan fingerprint density at radius 2 is 2.00 bits per heavy atom. The summed E-state index contributed by atoms with van der Waals surface area (Å²) in [6.07, 6.45) is 5.45. The topological polar surface area (TPSA) is 35.5 Å². The molecule has 0 fully saturated rings. The monoisotopic (exact) mass is 294 g/mol. The zero-order valence-electron chi connectivity index (χ0n) is 14.4. The Hall–Kier alpha value is -1.25. The summed E-state index contributed by atoms with van der Waals surface area (Å²) in [6.45, 7) is 12.9. The molecule has 120 valence electrons. The summed E-state index contributed by atoms with van der Waals surface area (Å²) in [5, 5.41) is 0. The average Bonchev–Trinajstić information content (AvgIpc) is 2.66. The Kier molecular flexibility index (Phi) is 7.00. The van der Waals surface area contributed by atoms with Crippen molar-refractivity contribution in [3.63, 3.8) is 0 Å². The Morgan fingerprint density at radius 3 is 2.52 bits per heavy atom. The van der Waals surface area contributed by atoms with Crippen LogP contribution >= 0.6 is 0 Å². The van der Waals surface area contributed by atoms with Crippen LogP contribution in [0.3, 0.4) is 0 Å². The number of carbonyl (C=O) groups excluding carboxylic acids is 1. The minimum Gasteiger partial charge on any atom is -0.483 e. The second kappa shape index (κ2) is 8.26. The highest BCUT2D eigenvalue weighted by molar-refractivity contribution is 5.87. The molecule has 0 aromatic carbocycles. The van der Waals surface area contributed by atoms with E-state index in [1.165, 1.54) is 5.57 Å². The Labute approximate surface area is 129 Å². The first-order valence-corrected chi connectivity index (χ1v) is 8.00. The third-order valence-corrected chi connectivity index (χ3v) is 4.29. The number of carbonyl (C=O) groups is 1. The molecule has 0 N–H and O–H groups in total. The fourth-order valence-electron chi connectivity index (χ4n) is 2.37. The first-order chi connectivity index (χ1) is 9.82. The van der Waals surface area contributed by atoms with E-state index in [1.807, 2.05) is 13.8 Å². The van der Waals surface area contributed by atoms with Crippen LogP contribution in [0.1, 0.15) is 60.8 Å². The van der Waals surface area contributed by atoms with Gasteiger partial charge in [-0.1, -0.05) is 25.5 Å². The van der Waals surface area contributed by atoms with E-state index >= 15 is 0 Å². The van der Waals surface area contributed by atoms with Gasteiger partial charge in [0.25, 0.3) is 0 Å². The first kappa shape index (κ1) is 17.8. The maximum atomic E-state index is 12.0. The van der Waals surface area contributed by atoms with Crippen LogP contribution in [-0.4, -0.2) is 18.7 Å². The zero-order chi connectivity index (χ0) is 16.0. The van der Waals surface area contributed by atoms with E-state index in [0.717, 1.165) is 24.8 Å². The molecule has 3 atom stereocenters. The smallest absolute Gasteiger partial charge is 0.373 e. The van der Waals surface area contributed by atoms with Gasteiger partial charge >= 0.3 is 5.97 Å². The van der Waals surface area contributed by atoms with Gasteiger partial charge in [0.1, 0.15) is 6.10 Å². The van der Waals surface area contributed by atoms with Gasteiger partial charge in [0.2, 0.25) is 5.76 Å². The number of allylic oxidation sites excluding steroid dienone is 2. The van der Waals surface area contributed by atoms with Gasteiger partial charge in [-0.05, 0) is 58.4 Å². The molecule has 1 rings (SSSR count). The normalized spacial score (nSPS) is 22.8. The lowest BCUT2D eigenvalue weighted by molar-refractivity contribution is -0.143. The average molecular weight is 294 g/mol. The van der Waals surface area contributed by atoms with Crippen LogP contribution in [0, 0.1) is 11.8 Å². The van der Waals surface area contributed by atoms with Crippen LogP contribution in [0.5, 0.6) is 0 Å². The lowest BCUT2D eigenvalue weighted by Gasteiger charge is -2.12. The predicted octanol–water partition coefficient (Wildman–Crippen LogP) is 4.63. The van der Waals surface area contributed by atoms with Crippen molar-refractivity contribution in [1.82, 2.24) is 0 Å². The van der Waals surface area contributed by atoms with Crippen LogP contribution in [0.25, 0.3) is 0 Å². The zero-order valence-corrected chi connectivity index (χ0v) is 14.4. The molecule has 0 saturated carbocycles. The van der Waals surface area contributed by atoms with Crippen LogP contribution in [0.4, 0.5) is 0 Å². The first-order valence-electron chi connectivity index (χ1n) is 8.00. The molecule has 0 aromatic rings. The second-order valence-electron chi connectivity index (χ2n) is 6.51. The van der Waals surface area contributed by atoms with Gasteiger partial charge in [-0.2, -0.15) is 0 Å². The van der Waals surface area contributed by atoms with Gasteiger partial charge in [0.15, 0.2) is 0 Å². The van der Waals surface area contributed by atoms with E-state index in [4.69, 9.17) is 9.47 Å². The molecule has 3 nitrogen and oxygen atoms in total. The maximum Gasteiger partial charge on any atom is 0.373 e. The largest absolute Gasteiger partial charge is 0.483 e. The van der Waals surface area contributed by atoms with Gasteiger partial charge in [-0.3, -0.25) is 0 Å². The minimum atomic E-state index is -0.305. The van der Waals surface area contributed by atoms with Gasteiger partial charge in [0, 0.05) is 5.92 Å². The Balaban J connectivity index is 2.30. The summed E-state index contributed by atoms with van der Waals surface area (Å²) in [6, 6.07) is 0. The van der Waals surface area contributed by atoms with Gasteiger partial charge < -0.3 is 9.47 Å². The van der Waals surface area contributed by atoms with Crippen LogP contribution in [0.15, 0.2) is 23.0 Å². The fraction of sp³-hybridized carbons (Fsp3) is 0.722. The van der Waals surface area contributed by atoms with Crippen LogP contribution in [-0.2, 0) is 14.3 Å². The molecular formula is C18H30O3. The molecule has 0 bridgehead atoms. The summed E-state index contributed by atoms with van der Waals surface area (Å²) >= 11 is 0. The molecule has 1 aliphatic heterocycles. The van der Waals surface area contributed by atoms with Gasteiger partial charge in [0.05, 0.1) is 6.61 Å². The number of rotatable bonds is 7. The van der Waals surface area contributed by atoms with Crippen molar-refractivity contribution < 1.29 is 14.3 Å². The van der Waals surface area contributed by atoms with Crippen LogP contribution < -0.4 is 0 Å². The lowest BCUT2D eigenvalue weighted by Crippen LogP contribution is -2.14. The third-order valence-electron chi connectivity index (χ3n) is 4.29. The molecule has 0 aromatic heterocycles.